The smallest absolute Gasteiger partial charge is 0.256 e. The van der Waals surface area contributed by atoms with Crippen LogP contribution in [0.5, 0.6) is 0 Å². The normalized spacial score (nSPS) is 12.1. The number of aryl methyl sites for hydroxylation is 2. The van der Waals surface area contributed by atoms with Crippen LogP contribution in [0.3, 0.4) is 0 Å². The highest BCUT2D eigenvalue weighted by Gasteiger charge is 2.27. The molecule has 0 atom stereocenters. The lowest BCUT2D eigenvalue weighted by atomic mass is 9.83. The third-order valence-corrected chi connectivity index (χ3v) is 5.26. The quantitative estimate of drug-likeness (QED) is 0.544. The van der Waals surface area contributed by atoms with Crippen molar-refractivity contribution in [1.82, 2.24) is 4.98 Å². The maximum absolute atomic E-state index is 5.64. The van der Waals surface area contributed by atoms with Crippen molar-refractivity contribution in [3.05, 3.63) is 11.5 Å². The average molecular weight is 287 g/mol. The van der Waals surface area contributed by atoms with Gasteiger partial charge in [-0.15, -0.1) is 0 Å². The van der Waals surface area contributed by atoms with Gasteiger partial charge < -0.3 is 4.42 Å². The molecule has 0 spiro atoms. The van der Waals surface area contributed by atoms with E-state index in [9.17, 15) is 0 Å². The number of thioether (sulfide) groups is 1. The summed E-state index contributed by atoms with van der Waals surface area (Å²) >= 11 is 6.32. The summed E-state index contributed by atoms with van der Waals surface area (Å²) in [6.07, 6.45) is 4.89. The first kappa shape index (κ1) is 16.0. The van der Waals surface area contributed by atoms with E-state index < -0.39 is 0 Å². The number of hydrogen-bond acceptors (Lipinski definition) is 4. The molecular formula is C14H25NOS2. The predicted molar refractivity (Wildman–Crippen MR) is 82.8 cm³/mol. The van der Waals surface area contributed by atoms with E-state index in [4.69, 9.17) is 4.42 Å². The Morgan fingerprint density at radius 1 is 1.22 bits per heavy atom. The Kier molecular flexibility index (Phi) is 6.64. The molecule has 0 aromatic carbocycles. The fourth-order valence-electron chi connectivity index (χ4n) is 2.25. The van der Waals surface area contributed by atoms with Crippen molar-refractivity contribution in [3.63, 3.8) is 0 Å². The van der Waals surface area contributed by atoms with Gasteiger partial charge in [0.25, 0.3) is 5.22 Å². The zero-order valence-electron chi connectivity index (χ0n) is 12.0. The van der Waals surface area contributed by atoms with Gasteiger partial charge in [-0.2, -0.15) is 12.6 Å². The van der Waals surface area contributed by atoms with Gasteiger partial charge in [-0.05, 0) is 37.9 Å². The molecule has 104 valence electrons. The third kappa shape index (κ3) is 4.23. The Hall–Kier alpha value is -0.0900. The van der Waals surface area contributed by atoms with Crippen molar-refractivity contribution in [3.8, 4) is 0 Å². The monoisotopic (exact) mass is 287 g/mol. The van der Waals surface area contributed by atoms with Crippen LogP contribution in [0.2, 0.25) is 0 Å². The molecule has 4 heteroatoms. The van der Waals surface area contributed by atoms with Gasteiger partial charge in [0, 0.05) is 5.75 Å². The van der Waals surface area contributed by atoms with Gasteiger partial charge >= 0.3 is 0 Å². The molecule has 1 aromatic heterocycles. The molecular weight excluding hydrogens is 262 g/mol. The van der Waals surface area contributed by atoms with Crippen LogP contribution < -0.4 is 0 Å². The van der Waals surface area contributed by atoms with Crippen LogP contribution in [0.15, 0.2) is 9.64 Å². The molecule has 0 aliphatic carbocycles. The molecule has 0 aliphatic heterocycles. The molecule has 0 fully saturated rings. The summed E-state index contributed by atoms with van der Waals surface area (Å²) in [6, 6.07) is 0. The molecule has 0 bridgehead atoms. The Morgan fingerprint density at radius 2 is 1.83 bits per heavy atom. The van der Waals surface area contributed by atoms with E-state index in [1.807, 2.05) is 13.8 Å². The molecule has 0 N–H and O–H groups in total. The molecule has 0 unspecified atom stereocenters. The minimum Gasteiger partial charge on any atom is -0.437 e. The number of rotatable bonds is 8. The van der Waals surface area contributed by atoms with Gasteiger partial charge in [-0.3, -0.25) is 0 Å². The number of oxazole rings is 1. The fourth-order valence-corrected chi connectivity index (χ4v) is 4.04. The summed E-state index contributed by atoms with van der Waals surface area (Å²) in [7, 11) is 0. The lowest BCUT2D eigenvalue weighted by Gasteiger charge is -2.31. The van der Waals surface area contributed by atoms with Crippen LogP contribution in [0.1, 0.15) is 51.0 Å². The SMILES string of the molecule is CCCC(CS)(CCC)CSc1nc(C)c(C)o1. The van der Waals surface area contributed by atoms with Crippen LogP contribution in [0.4, 0.5) is 0 Å². The second-order valence-electron chi connectivity index (χ2n) is 5.07. The van der Waals surface area contributed by atoms with Crippen LogP contribution in [0.25, 0.3) is 0 Å². The fraction of sp³-hybridized carbons (Fsp3) is 0.786. The Morgan fingerprint density at radius 3 is 2.22 bits per heavy atom. The third-order valence-electron chi connectivity index (χ3n) is 3.41. The zero-order valence-corrected chi connectivity index (χ0v) is 13.7. The van der Waals surface area contributed by atoms with Gasteiger partial charge in [0.2, 0.25) is 0 Å². The summed E-state index contributed by atoms with van der Waals surface area (Å²) in [4.78, 5) is 4.44. The molecule has 0 amide bonds. The molecule has 0 saturated carbocycles. The Balaban J connectivity index is 2.65. The van der Waals surface area contributed by atoms with Crippen molar-refractivity contribution >= 4 is 24.4 Å². The maximum atomic E-state index is 5.64. The van der Waals surface area contributed by atoms with Crippen LogP contribution in [-0.4, -0.2) is 16.5 Å². The van der Waals surface area contributed by atoms with E-state index in [-0.39, 0.29) is 0 Å². The minimum absolute atomic E-state index is 0.327. The summed E-state index contributed by atoms with van der Waals surface area (Å²) in [5.74, 6) is 2.93. The molecule has 2 nitrogen and oxygen atoms in total. The number of aromatic nitrogens is 1. The van der Waals surface area contributed by atoms with Crippen LogP contribution in [0, 0.1) is 19.3 Å². The second-order valence-corrected chi connectivity index (χ2v) is 6.31. The standard InChI is InChI=1S/C14H25NOS2/c1-5-7-14(9-17,8-6-2)10-18-13-15-11(3)12(4)16-13/h17H,5-10H2,1-4H3. The Labute approximate surface area is 121 Å². The summed E-state index contributed by atoms with van der Waals surface area (Å²) in [6.45, 7) is 8.46. The van der Waals surface area contributed by atoms with Gasteiger partial charge in [-0.25, -0.2) is 4.98 Å². The first-order valence-corrected chi connectivity index (χ1v) is 8.36. The van der Waals surface area contributed by atoms with E-state index >= 15 is 0 Å². The van der Waals surface area contributed by atoms with E-state index in [2.05, 4.69) is 31.5 Å². The van der Waals surface area contributed by atoms with Crippen molar-refractivity contribution < 1.29 is 4.42 Å². The summed E-state index contributed by atoms with van der Waals surface area (Å²) in [5.41, 5.74) is 1.33. The Bertz CT molecular complexity index is 337. The van der Waals surface area contributed by atoms with E-state index in [0.29, 0.717) is 5.41 Å². The van der Waals surface area contributed by atoms with Gasteiger partial charge in [0.15, 0.2) is 0 Å². The summed E-state index contributed by atoms with van der Waals surface area (Å²) < 4.78 is 5.64. The minimum atomic E-state index is 0.327. The van der Waals surface area contributed by atoms with E-state index in [1.54, 1.807) is 11.8 Å². The van der Waals surface area contributed by atoms with Crippen molar-refractivity contribution in [2.45, 2.75) is 58.6 Å². The largest absolute Gasteiger partial charge is 0.437 e. The van der Waals surface area contributed by atoms with Gasteiger partial charge in [-0.1, -0.05) is 38.5 Å². The molecule has 1 rings (SSSR count). The maximum Gasteiger partial charge on any atom is 0.256 e. The van der Waals surface area contributed by atoms with Crippen LogP contribution in [-0.2, 0) is 0 Å². The highest BCUT2D eigenvalue weighted by atomic mass is 32.2. The first-order valence-electron chi connectivity index (χ1n) is 6.74. The molecule has 1 heterocycles. The molecule has 0 aliphatic rings. The lowest BCUT2D eigenvalue weighted by Crippen LogP contribution is -2.25. The molecule has 18 heavy (non-hydrogen) atoms. The van der Waals surface area contributed by atoms with Crippen molar-refractivity contribution in [2.75, 3.05) is 11.5 Å². The average Bonchev–Trinajstić information content (AvgIpc) is 2.66. The number of hydrogen-bond donors (Lipinski definition) is 1. The second kappa shape index (κ2) is 7.49. The van der Waals surface area contributed by atoms with Crippen molar-refractivity contribution in [1.29, 1.82) is 0 Å². The predicted octanol–water partition coefficient (Wildman–Crippen LogP) is 4.90. The zero-order chi connectivity index (χ0) is 13.6. The summed E-state index contributed by atoms with van der Waals surface area (Å²) in [5, 5.41) is 0.809. The highest BCUT2D eigenvalue weighted by Crippen LogP contribution is 2.37. The van der Waals surface area contributed by atoms with E-state index in [0.717, 1.165) is 28.2 Å². The molecule has 1 aromatic rings. The first-order chi connectivity index (χ1) is 8.56. The number of thiol groups is 1. The van der Waals surface area contributed by atoms with Gasteiger partial charge in [0.05, 0.1) is 5.69 Å². The number of nitrogens with zero attached hydrogens (tertiary/aromatic N) is 1. The molecule has 0 radical (unpaired) electrons. The van der Waals surface area contributed by atoms with Crippen molar-refractivity contribution in [2.24, 2.45) is 5.41 Å². The lowest BCUT2D eigenvalue weighted by molar-refractivity contribution is 0.316. The topological polar surface area (TPSA) is 26.0 Å². The van der Waals surface area contributed by atoms with E-state index in [1.165, 1.54) is 25.7 Å². The molecule has 0 saturated heterocycles. The van der Waals surface area contributed by atoms with Crippen LogP contribution >= 0.6 is 24.4 Å². The van der Waals surface area contributed by atoms with Gasteiger partial charge in [0.1, 0.15) is 5.76 Å². The highest BCUT2D eigenvalue weighted by molar-refractivity contribution is 7.99.